The number of carbonyl (C=O) groups is 1. The van der Waals surface area contributed by atoms with Gasteiger partial charge in [0, 0.05) is 32.3 Å². The van der Waals surface area contributed by atoms with Gasteiger partial charge in [-0.1, -0.05) is 0 Å². The third-order valence-corrected chi connectivity index (χ3v) is 5.02. The molecule has 26 heavy (non-hydrogen) atoms. The molecule has 4 heterocycles. The van der Waals surface area contributed by atoms with Crippen LogP contribution in [0.3, 0.4) is 0 Å². The number of pyridine rings is 1. The predicted octanol–water partition coefficient (Wildman–Crippen LogP) is 2.23. The van der Waals surface area contributed by atoms with E-state index in [1.807, 2.05) is 9.80 Å². The summed E-state index contributed by atoms with van der Waals surface area (Å²) >= 11 is 0. The molecule has 2 aromatic rings. The Hall–Kier alpha value is -2.58. The van der Waals surface area contributed by atoms with Crippen molar-refractivity contribution in [1.82, 2.24) is 19.9 Å². The van der Waals surface area contributed by atoms with Crippen LogP contribution < -0.4 is 4.90 Å². The van der Waals surface area contributed by atoms with Crippen LogP contribution in [0.15, 0.2) is 24.7 Å². The highest BCUT2D eigenvalue weighted by Crippen LogP contribution is 2.31. The highest BCUT2D eigenvalue weighted by Gasteiger charge is 2.35. The average Bonchev–Trinajstić information content (AvgIpc) is 3.29. The van der Waals surface area contributed by atoms with Gasteiger partial charge < -0.3 is 14.8 Å². The van der Waals surface area contributed by atoms with E-state index in [1.54, 1.807) is 6.33 Å². The second-order valence-electron chi connectivity index (χ2n) is 6.67. The van der Waals surface area contributed by atoms with Crippen molar-refractivity contribution in [2.24, 2.45) is 5.92 Å². The molecule has 0 bridgehead atoms. The maximum atomic E-state index is 12.8. The molecule has 4 rings (SSSR count). The normalized spacial score (nSPS) is 20.3. The summed E-state index contributed by atoms with van der Waals surface area (Å²) in [7, 11) is 0. The van der Waals surface area contributed by atoms with Crippen LogP contribution in [0.5, 0.6) is 0 Å². The molecule has 1 fully saturated rings. The Morgan fingerprint density at radius 1 is 1.23 bits per heavy atom. The summed E-state index contributed by atoms with van der Waals surface area (Å²) in [5, 5.41) is 0. The number of aromatic amines is 1. The summed E-state index contributed by atoms with van der Waals surface area (Å²) in [5.41, 5.74) is 1.22. The molecule has 9 heteroatoms. The smallest absolute Gasteiger partial charge is 0.356 e. The number of hydrogen-bond acceptors (Lipinski definition) is 4. The molecule has 0 unspecified atom stereocenters. The Kier molecular flexibility index (Phi) is 4.08. The fourth-order valence-electron chi connectivity index (χ4n) is 3.57. The fourth-order valence-corrected chi connectivity index (χ4v) is 3.57. The summed E-state index contributed by atoms with van der Waals surface area (Å²) < 4.78 is 37.9. The van der Waals surface area contributed by atoms with Gasteiger partial charge in [-0.15, -0.1) is 0 Å². The SMILES string of the molecule is O=C([C@H]1CCN(c2ccc(C(F)(F)F)cn2)C1)N1CCc2nc[nH]c2C1. The minimum Gasteiger partial charge on any atom is -0.356 e. The highest BCUT2D eigenvalue weighted by atomic mass is 19.4. The molecule has 1 atom stereocenters. The molecule has 0 spiro atoms. The summed E-state index contributed by atoms with van der Waals surface area (Å²) in [6, 6.07) is 2.40. The lowest BCUT2D eigenvalue weighted by atomic mass is 10.0. The summed E-state index contributed by atoms with van der Waals surface area (Å²) in [5.74, 6) is 0.394. The van der Waals surface area contributed by atoms with E-state index in [4.69, 9.17) is 0 Å². The number of anilines is 1. The number of imidazole rings is 1. The van der Waals surface area contributed by atoms with Crippen LogP contribution in [-0.2, 0) is 23.9 Å². The van der Waals surface area contributed by atoms with Gasteiger partial charge in [0.25, 0.3) is 0 Å². The zero-order valence-electron chi connectivity index (χ0n) is 14.0. The van der Waals surface area contributed by atoms with E-state index in [-0.39, 0.29) is 11.8 Å². The van der Waals surface area contributed by atoms with Gasteiger partial charge in [0.2, 0.25) is 5.91 Å². The highest BCUT2D eigenvalue weighted by molar-refractivity contribution is 5.80. The summed E-state index contributed by atoms with van der Waals surface area (Å²) in [6.07, 6.45) is -0.495. The van der Waals surface area contributed by atoms with Crippen LogP contribution in [0, 0.1) is 5.92 Å². The topological polar surface area (TPSA) is 65.1 Å². The molecule has 1 saturated heterocycles. The lowest BCUT2D eigenvalue weighted by molar-refractivity contribution is -0.138. The standard InChI is InChI=1S/C17H18F3N5O/c18-17(19,20)12-1-2-15(21-7-12)24-5-3-11(8-24)16(26)25-6-4-13-14(9-25)23-10-22-13/h1-2,7,10-11H,3-6,8-9H2,(H,22,23)/t11-/m0/s1. The number of hydrogen-bond donors (Lipinski definition) is 1. The molecule has 1 N–H and O–H groups in total. The number of H-pyrrole nitrogens is 1. The van der Waals surface area contributed by atoms with Crippen LogP contribution >= 0.6 is 0 Å². The van der Waals surface area contributed by atoms with Crippen molar-refractivity contribution in [1.29, 1.82) is 0 Å². The molecule has 0 aliphatic carbocycles. The van der Waals surface area contributed by atoms with Crippen LogP contribution in [0.2, 0.25) is 0 Å². The van der Waals surface area contributed by atoms with Gasteiger partial charge in [-0.2, -0.15) is 13.2 Å². The van der Waals surface area contributed by atoms with E-state index in [1.165, 1.54) is 6.07 Å². The molecule has 0 saturated carbocycles. The maximum Gasteiger partial charge on any atom is 0.417 e. The monoisotopic (exact) mass is 365 g/mol. The van der Waals surface area contributed by atoms with Crippen LogP contribution in [0.1, 0.15) is 23.4 Å². The van der Waals surface area contributed by atoms with Gasteiger partial charge in [0.05, 0.1) is 35.7 Å². The number of amides is 1. The lowest BCUT2D eigenvalue weighted by Crippen LogP contribution is -2.40. The predicted molar refractivity (Wildman–Crippen MR) is 87.3 cm³/mol. The van der Waals surface area contributed by atoms with Crippen molar-refractivity contribution in [3.05, 3.63) is 41.6 Å². The van der Waals surface area contributed by atoms with Crippen molar-refractivity contribution in [3.8, 4) is 0 Å². The van der Waals surface area contributed by atoms with Crippen molar-refractivity contribution >= 4 is 11.7 Å². The first kappa shape index (κ1) is 16.9. The molecule has 2 aromatic heterocycles. The average molecular weight is 365 g/mol. The van der Waals surface area contributed by atoms with E-state index in [9.17, 15) is 18.0 Å². The quantitative estimate of drug-likeness (QED) is 0.887. The molecule has 0 radical (unpaired) electrons. The second-order valence-corrected chi connectivity index (χ2v) is 6.67. The summed E-state index contributed by atoms with van der Waals surface area (Å²) in [6.45, 7) is 2.26. The first-order chi connectivity index (χ1) is 12.4. The molecular formula is C17H18F3N5O. The Bertz CT molecular complexity index is 801. The fraction of sp³-hybridized carbons (Fsp3) is 0.471. The number of carbonyl (C=O) groups excluding carboxylic acids is 1. The molecule has 2 aliphatic heterocycles. The first-order valence-electron chi connectivity index (χ1n) is 8.50. The van der Waals surface area contributed by atoms with Gasteiger partial charge in [-0.3, -0.25) is 4.79 Å². The van der Waals surface area contributed by atoms with Gasteiger partial charge in [-0.25, -0.2) is 9.97 Å². The van der Waals surface area contributed by atoms with Gasteiger partial charge in [-0.05, 0) is 18.6 Å². The maximum absolute atomic E-state index is 12.8. The number of fused-ring (bicyclic) bond motifs is 1. The van der Waals surface area contributed by atoms with E-state index >= 15 is 0 Å². The largest absolute Gasteiger partial charge is 0.417 e. The first-order valence-corrected chi connectivity index (χ1v) is 8.50. The van der Waals surface area contributed by atoms with Crippen molar-refractivity contribution in [2.75, 3.05) is 24.5 Å². The van der Waals surface area contributed by atoms with Crippen molar-refractivity contribution in [2.45, 2.75) is 25.6 Å². The van der Waals surface area contributed by atoms with Gasteiger partial charge in [0.15, 0.2) is 0 Å². The zero-order chi connectivity index (χ0) is 18.3. The lowest BCUT2D eigenvalue weighted by Gasteiger charge is -2.28. The van der Waals surface area contributed by atoms with Gasteiger partial charge >= 0.3 is 6.18 Å². The molecule has 2 aliphatic rings. The Balaban J connectivity index is 1.40. The molecule has 138 valence electrons. The van der Waals surface area contributed by atoms with Gasteiger partial charge in [0.1, 0.15) is 5.82 Å². The van der Waals surface area contributed by atoms with E-state index in [0.717, 1.165) is 30.1 Å². The molecular weight excluding hydrogens is 347 g/mol. The van der Waals surface area contributed by atoms with E-state index in [0.29, 0.717) is 38.4 Å². The molecule has 0 aromatic carbocycles. The number of aromatic nitrogens is 3. The Morgan fingerprint density at radius 3 is 2.81 bits per heavy atom. The minimum absolute atomic E-state index is 0.0830. The zero-order valence-corrected chi connectivity index (χ0v) is 14.0. The molecule has 1 amide bonds. The van der Waals surface area contributed by atoms with Crippen molar-refractivity contribution in [3.63, 3.8) is 0 Å². The number of nitrogens with one attached hydrogen (secondary N) is 1. The van der Waals surface area contributed by atoms with E-state index < -0.39 is 11.7 Å². The number of halogens is 3. The third-order valence-electron chi connectivity index (χ3n) is 5.02. The summed E-state index contributed by atoms with van der Waals surface area (Å²) in [4.78, 5) is 27.7. The number of rotatable bonds is 2. The van der Waals surface area contributed by atoms with Crippen LogP contribution in [0.25, 0.3) is 0 Å². The van der Waals surface area contributed by atoms with Crippen LogP contribution in [-0.4, -0.2) is 45.4 Å². The number of nitrogens with zero attached hydrogens (tertiary/aromatic N) is 4. The Labute approximate surface area is 148 Å². The third kappa shape index (κ3) is 3.13. The Morgan fingerprint density at radius 2 is 2.08 bits per heavy atom. The number of alkyl halides is 3. The second kappa shape index (κ2) is 6.30. The molecule has 6 nitrogen and oxygen atoms in total. The van der Waals surface area contributed by atoms with Crippen LogP contribution in [0.4, 0.5) is 19.0 Å². The van der Waals surface area contributed by atoms with E-state index in [2.05, 4.69) is 15.0 Å². The minimum atomic E-state index is -4.39. The van der Waals surface area contributed by atoms with Crippen molar-refractivity contribution < 1.29 is 18.0 Å².